The standard InChI is InChI=1S/C13H19ClN2/c14-12(7-15)8-16-13-4-9-1-10(5-13)3-11(2-9)6-13/h9-12,16H,1-6,8H2. The molecule has 4 aliphatic rings. The Bertz CT molecular complexity index is 285. The van der Waals surface area contributed by atoms with Crippen LogP contribution in [-0.2, 0) is 0 Å². The monoisotopic (exact) mass is 238 g/mol. The van der Waals surface area contributed by atoms with Crippen molar-refractivity contribution in [3.05, 3.63) is 0 Å². The van der Waals surface area contributed by atoms with Crippen LogP contribution in [0, 0.1) is 29.1 Å². The van der Waals surface area contributed by atoms with E-state index in [1.54, 1.807) is 0 Å². The van der Waals surface area contributed by atoms with Gasteiger partial charge >= 0.3 is 0 Å². The molecule has 4 saturated carbocycles. The summed E-state index contributed by atoms with van der Waals surface area (Å²) in [7, 11) is 0. The van der Waals surface area contributed by atoms with Crippen LogP contribution in [0.3, 0.4) is 0 Å². The highest BCUT2D eigenvalue weighted by Crippen LogP contribution is 2.55. The van der Waals surface area contributed by atoms with E-state index in [9.17, 15) is 0 Å². The number of nitrogens with zero attached hydrogens (tertiary/aromatic N) is 1. The smallest absolute Gasteiger partial charge is 0.132 e. The minimum atomic E-state index is -0.368. The van der Waals surface area contributed by atoms with E-state index in [-0.39, 0.29) is 5.38 Å². The number of rotatable bonds is 3. The van der Waals surface area contributed by atoms with Gasteiger partial charge in [0, 0.05) is 12.1 Å². The van der Waals surface area contributed by atoms with Crippen molar-refractivity contribution in [2.45, 2.75) is 49.4 Å². The second kappa shape index (κ2) is 3.89. The van der Waals surface area contributed by atoms with Crippen LogP contribution in [0.2, 0.25) is 0 Å². The van der Waals surface area contributed by atoms with Crippen molar-refractivity contribution < 1.29 is 0 Å². The van der Waals surface area contributed by atoms with Gasteiger partial charge in [0.25, 0.3) is 0 Å². The first-order valence-electron chi connectivity index (χ1n) is 6.48. The Kier molecular flexibility index (Phi) is 2.64. The molecular weight excluding hydrogens is 220 g/mol. The molecule has 0 radical (unpaired) electrons. The molecule has 0 aromatic carbocycles. The van der Waals surface area contributed by atoms with Gasteiger partial charge in [-0.1, -0.05) is 0 Å². The number of halogens is 1. The summed E-state index contributed by atoms with van der Waals surface area (Å²) in [5.41, 5.74) is 0.346. The Morgan fingerprint density at radius 3 is 2.12 bits per heavy atom. The van der Waals surface area contributed by atoms with Crippen LogP contribution < -0.4 is 5.32 Å². The number of hydrogen-bond acceptors (Lipinski definition) is 2. The van der Waals surface area contributed by atoms with E-state index in [2.05, 4.69) is 11.4 Å². The average Bonchev–Trinajstić information content (AvgIpc) is 2.24. The first-order chi connectivity index (χ1) is 7.69. The van der Waals surface area contributed by atoms with E-state index in [0.29, 0.717) is 12.1 Å². The molecule has 0 heterocycles. The Hall–Kier alpha value is -0.260. The van der Waals surface area contributed by atoms with Gasteiger partial charge in [-0.3, -0.25) is 0 Å². The van der Waals surface area contributed by atoms with Gasteiger partial charge in [0.15, 0.2) is 0 Å². The third-order valence-electron chi connectivity index (χ3n) is 4.83. The summed E-state index contributed by atoms with van der Waals surface area (Å²) in [6.07, 6.45) is 8.37. The second-order valence-corrected chi connectivity index (χ2v) is 6.70. The molecule has 0 saturated heterocycles. The van der Waals surface area contributed by atoms with Crippen molar-refractivity contribution in [3.63, 3.8) is 0 Å². The van der Waals surface area contributed by atoms with E-state index < -0.39 is 0 Å². The fourth-order valence-corrected chi connectivity index (χ4v) is 4.76. The van der Waals surface area contributed by atoms with Gasteiger partial charge in [0.2, 0.25) is 0 Å². The van der Waals surface area contributed by atoms with Crippen molar-refractivity contribution in [2.24, 2.45) is 17.8 Å². The molecule has 1 unspecified atom stereocenters. The lowest BCUT2D eigenvalue weighted by atomic mass is 9.53. The Balaban J connectivity index is 1.67. The van der Waals surface area contributed by atoms with Gasteiger partial charge in [0.1, 0.15) is 5.38 Å². The summed E-state index contributed by atoms with van der Waals surface area (Å²) in [6, 6.07) is 2.10. The summed E-state index contributed by atoms with van der Waals surface area (Å²) in [4.78, 5) is 0. The van der Waals surface area contributed by atoms with Crippen molar-refractivity contribution in [2.75, 3.05) is 6.54 Å². The molecule has 16 heavy (non-hydrogen) atoms. The Morgan fingerprint density at radius 1 is 1.19 bits per heavy atom. The molecule has 4 aliphatic carbocycles. The maximum Gasteiger partial charge on any atom is 0.132 e. The summed E-state index contributed by atoms with van der Waals surface area (Å²) in [6.45, 7) is 0.657. The lowest BCUT2D eigenvalue weighted by Gasteiger charge is -2.57. The predicted octanol–water partition coefficient (Wildman–Crippen LogP) is 2.68. The van der Waals surface area contributed by atoms with Crippen LogP contribution in [0.4, 0.5) is 0 Å². The highest BCUT2D eigenvalue weighted by molar-refractivity contribution is 6.22. The summed E-state index contributed by atoms with van der Waals surface area (Å²) < 4.78 is 0. The van der Waals surface area contributed by atoms with Gasteiger partial charge in [0.05, 0.1) is 6.07 Å². The lowest BCUT2D eigenvalue weighted by Crippen LogP contribution is -2.59. The predicted molar refractivity (Wildman–Crippen MR) is 64.2 cm³/mol. The van der Waals surface area contributed by atoms with Crippen LogP contribution in [0.5, 0.6) is 0 Å². The van der Waals surface area contributed by atoms with Gasteiger partial charge in [-0.15, -0.1) is 11.6 Å². The molecule has 4 bridgehead atoms. The fraction of sp³-hybridized carbons (Fsp3) is 0.923. The van der Waals surface area contributed by atoms with Gasteiger partial charge in [-0.05, 0) is 56.3 Å². The topological polar surface area (TPSA) is 35.8 Å². The zero-order valence-corrected chi connectivity index (χ0v) is 10.3. The first kappa shape index (κ1) is 10.9. The van der Waals surface area contributed by atoms with Crippen LogP contribution in [0.25, 0.3) is 0 Å². The van der Waals surface area contributed by atoms with Gasteiger partial charge < -0.3 is 5.32 Å². The SMILES string of the molecule is N#CC(Cl)CNC12CC3CC(CC(C3)C1)C2. The molecule has 88 valence electrons. The summed E-state index contributed by atoms with van der Waals surface area (Å²) >= 11 is 5.88. The highest BCUT2D eigenvalue weighted by Gasteiger charge is 2.50. The Labute approximate surface area is 102 Å². The minimum Gasteiger partial charge on any atom is -0.309 e. The van der Waals surface area contributed by atoms with E-state index in [1.165, 1.54) is 38.5 Å². The van der Waals surface area contributed by atoms with Crippen LogP contribution >= 0.6 is 11.6 Å². The van der Waals surface area contributed by atoms with E-state index >= 15 is 0 Å². The third kappa shape index (κ3) is 1.85. The molecular formula is C13H19ClN2. The van der Waals surface area contributed by atoms with Crippen molar-refractivity contribution >= 4 is 11.6 Å². The quantitative estimate of drug-likeness (QED) is 0.768. The van der Waals surface area contributed by atoms with E-state index in [1.807, 2.05) is 0 Å². The molecule has 0 aromatic rings. The molecule has 2 nitrogen and oxygen atoms in total. The lowest BCUT2D eigenvalue weighted by molar-refractivity contribution is -0.0190. The van der Waals surface area contributed by atoms with Crippen LogP contribution in [0.1, 0.15) is 38.5 Å². The fourth-order valence-electron chi connectivity index (χ4n) is 4.68. The second-order valence-electron chi connectivity index (χ2n) is 6.18. The molecule has 0 aromatic heterocycles. The maximum absolute atomic E-state index is 8.73. The number of alkyl halides is 1. The van der Waals surface area contributed by atoms with Crippen molar-refractivity contribution in [1.82, 2.24) is 5.32 Å². The van der Waals surface area contributed by atoms with Gasteiger partial charge in [-0.25, -0.2) is 0 Å². The molecule has 0 amide bonds. The number of hydrogen-bond donors (Lipinski definition) is 1. The molecule has 1 N–H and O–H groups in total. The molecule has 0 aliphatic heterocycles. The molecule has 0 spiro atoms. The van der Waals surface area contributed by atoms with Crippen LogP contribution in [0.15, 0.2) is 0 Å². The highest BCUT2D eigenvalue weighted by atomic mass is 35.5. The maximum atomic E-state index is 8.73. The number of nitrogens with one attached hydrogen (secondary N) is 1. The molecule has 4 rings (SSSR count). The molecule has 3 heteroatoms. The zero-order chi connectivity index (χ0) is 11.2. The third-order valence-corrected chi connectivity index (χ3v) is 5.09. The zero-order valence-electron chi connectivity index (χ0n) is 9.58. The first-order valence-corrected chi connectivity index (χ1v) is 6.91. The number of nitriles is 1. The molecule has 1 atom stereocenters. The van der Waals surface area contributed by atoms with E-state index in [0.717, 1.165) is 17.8 Å². The summed E-state index contributed by atoms with van der Waals surface area (Å²) in [5, 5.41) is 12.0. The summed E-state index contributed by atoms with van der Waals surface area (Å²) in [5.74, 6) is 2.86. The average molecular weight is 239 g/mol. The van der Waals surface area contributed by atoms with Crippen molar-refractivity contribution in [3.8, 4) is 6.07 Å². The van der Waals surface area contributed by atoms with Gasteiger partial charge in [-0.2, -0.15) is 5.26 Å². The molecule has 4 fully saturated rings. The van der Waals surface area contributed by atoms with E-state index in [4.69, 9.17) is 16.9 Å². The Morgan fingerprint density at radius 2 is 1.69 bits per heavy atom. The van der Waals surface area contributed by atoms with Crippen molar-refractivity contribution in [1.29, 1.82) is 5.26 Å². The largest absolute Gasteiger partial charge is 0.309 e. The normalized spacial score (nSPS) is 46.6. The minimum absolute atomic E-state index is 0.346. The van der Waals surface area contributed by atoms with Crippen LogP contribution in [-0.4, -0.2) is 17.5 Å².